The summed E-state index contributed by atoms with van der Waals surface area (Å²) in [7, 11) is 2.10. The van der Waals surface area contributed by atoms with Crippen LogP contribution in [0.2, 0.25) is 0 Å². The second kappa shape index (κ2) is 7.11. The number of aromatic amines is 1. The number of hydrogen-bond acceptors (Lipinski definition) is 6. The Morgan fingerprint density at radius 2 is 2.22 bits per heavy atom. The lowest BCUT2D eigenvalue weighted by Gasteiger charge is -2.23. The number of likely N-dealkylation sites (tertiary alicyclic amines) is 1. The van der Waals surface area contributed by atoms with Crippen LogP contribution in [-0.2, 0) is 6.61 Å². The molecule has 8 heteroatoms. The maximum Gasteiger partial charge on any atom is 0.271 e. The van der Waals surface area contributed by atoms with E-state index in [9.17, 15) is 4.79 Å². The molecule has 0 radical (unpaired) electrons. The molecule has 144 valence electrons. The molecule has 8 nitrogen and oxygen atoms in total. The van der Waals surface area contributed by atoms with Crippen molar-refractivity contribution in [2.75, 3.05) is 33.5 Å². The van der Waals surface area contributed by atoms with Crippen molar-refractivity contribution < 1.29 is 19.0 Å². The fraction of sp³-hybridized carbons (Fsp3) is 0.474. The summed E-state index contributed by atoms with van der Waals surface area (Å²) in [6.07, 6.45) is 1.08. The zero-order chi connectivity index (χ0) is 18.9. The van der Waals surface area contributed by atoms with Gasteiger partial charge in [0.15, 0.2) is 11.5 Å². The molecular formula is C19H24N4O4. The zero-order valence-corrected chi connectivity index (χ0v) is 15.6. The molecule has 0 spiro atoms. The van der Waals surface area contributed by atoms with Gasteiger partial charge >= 0.3 is 0 Å². The Balaban J connectivity index is 1.29. The van der Waals surface area contributed by atoms with Crippen LogP contribution in [0.15, 0.2) is 24.3 Å². The third-order valence-electron chi connectivity index (χ3n) is 5.03. The standard InChI is InChI=1S/C19H24N4O4/c1-19(5-6-23(2)11-19)10-20-18(24)15-7-13(21-22-15)9-25-14-3-4-16-17(8-14)27-12-26-16/h3-4,7-8H,5-6,9-12H2,1-2H3,(H,20,24)(H,21,22). The molecule has 3 heterocycles. The van der Waals surface area contributed by atoms with Gasteiger partial charge in [-0.15, -0.1) is 0 Å². The second-order valence-electron chi connectivity index (χ2n) is 7.56. The lowest BCUT2D eigenvalue weighted by molar-refractivity contribution is 0.0929. The molecule has 4 rings (SSSR count). The number of carbonyl (C=O) groups is 1. The van der Waals surface area contributed by atoms with Gasteiger partial charge < -0.3 is 24.4 Å². The molecule has 2 aliphatic heterocycles. The molecule has 1 saturated heterocycles. The number of amides is 1. The molecule has 2 aliphatic rings. The van der Waals surface area contributed by atoms with Crippen molar-refractivity contribution in [1.29, 1.82) is 0 Å². The summed E-state index contributed by atoms with van der Waals surface area (Å²) in [5, 5.41) is 9.95. The highest BCUT2D eigenvalue weighted by Crippen LogP contribution is 2.35. The van der Waals surface area contributed by atoms with Crippen molar-refractivity contribution in [2.24, 2.45) is 5.41 Å². The molecule has 0 saturated carbocycles. The monoisotopic (exact) mass is 372 g/mol. The smallest absolute Gasteiger partial charge is 0.271 e. The number of fused-ring (bicyclic) bond motifs is 1. The lowest BCUT2D eigenvalue weighted by atomic mass is 9.90. The summed E-state index contributed by atoms with van der Waals surface area (Å²) in [6.45, 7) is 5.41. The van der Waals surface area contributed by atoms with E-state index >= 15 is 0 Å². The quantitative estimate of drug-likeness (QED) is 0.804. The molecule has 1 unspecified atom stereocenters. The van der Waals surface area contributed by atoms with Gasteiger partial charge in [0.25, 0.3) is 5.91 Å². The molecule has 1 aromatic heterocycles. The maximum absolute atomic E-state index is 12.4. The fourth-order valence-electron chi connectivity index (χ4n) is 3.48. The first-order valence-electron chi connectivity index (χ1n) is 9.04. The van der Waals surface area contributed by atoms with Gasteiger partial charge in [-0.05, 0) is 43.6 Å². The third kappa shape index (κ3) is 4.00. The molecule has 2 N–H and O–H groups in total. The highest BCUT2D eigenvalue weighted by atomic mass is 16.7. The van der Waals surface area contributed by atoms with Crippen molar-refractivity contribution in [3.8, 4) is 17.2 Å². The lowest BCUT2D eigenvalue weighted by Crippen LogP contribution is -2.37. The third-order valence-corrected chi connectivity index (χ3v) is 5.03. The van der Waals surface area contributed by atoms with E-state index in [1.807, 2.05) is 12.1 Å². The van der Waals surface area contributed by atoms with Crippen LogP contribution in [0.4, 0.5) is 0 Å². The predicted molar refractivity (Wildman–Crippen MR) is 98.0 cm³/mol. The number of aromatic nitrogens is 2. The van der Waals surface area contributed by atoms with E-state index in [1.54, 1.807) is 12.1 Å². The molecule has 1 amide bonds. The van der Waals surface area contributed by atoms with Crippen LogP contribution in [0.25, 0.3) is 0 Å². The van der Waals surface area contributed by atoms with Gasteiger partial charge in [0, 0.05) is 19.2 Å². The van der Waals surface area contributed by atoms with Gasteiger partial charge in [0.05, 0.1) is 5.69 Å². The van der Waals surface area contributed by atoms with Crippen LogP contribution in [-0.4, -0.2) is 54.5 Å². The highest BCUT2D eigenvalue weighted by molar-refractivity contribution is 5.92. The van der Waals surface area contributed by atoms with Crippen molar-refractivity contribution in [3.05, 3.63) is 35.7 Å². The molecule has 2 aromatic rings. The number of benzene rings is 1. The fourth-order valence-corrected chi connectivity index (χ4v) is 3.48. The van der Waals surface area contributed by atoms with Crippen LogP contribution in [0.3, 0.4) is 0 Å². The number of nitrogens with one attached hydrogen (secondary N) is 2. The minimum Gasteiger partial charge on any atom is -0.487 e. The second-order valence-corrected chi connectivity index (χ2v) is 7.56. The molecule has 27 heavy (non-hydrogen) atoms. The average molecular weight is 372 g/mol. The zero-order valence-electron chi connectivity index (χ0n) is 15.6. The molecule has 0 bridgehead atoms. The molecule has 1 atom stereocenters. The Kier molecular flexibility index (Phi) is 4.65. The van der Waals surface area contributed by atoms with Gasteiger partial charge in [0.1, 0.15) is 18.1 Å². The number of H-pyrrole nitrogens is 1. The first kappa shape index (κ1) is 17.7. The summed E-state index contributed by atoms with van der Waals surface area (Å²) in [4.78, 5) is 14.6. The highest BCUT2D eigenvalue weighted by Gasteiger charge is 2.32. The summed E-state index contributed by atoms with van der Waals surface area (Å²) in [5.74, 6) is 1.88. The predicted octanol–water partition coefficient (Wildman–Crippen LogP) is 1.79. The van der Waals surface area contributed by atoms with E-state index in [-0.39, 0.29) is 24.7 Å². The van der Waals surface area contributed by atoms with E-state index in [0.717, 1.165) is 25.2 Å². The number of rotatable bonds is 6. The van der Waals surface area contributed by atoms with Crippen molar-refractivity contribution in [2.45, 2.75) is 20.0 Å². The van der Waals surface area contributed by atoms with Gasteiger partial charge in [-0.3, -0.25) is 9.89 Å². The minimum atomic E-state index is -0.170. The van der Waals surface area contributed by atoms with Gasteiger partial charge in [-0.1, -0.05) is 6.92 Å². The first-order valence-corrected chi connectivity index (χ1v) is 9.04. The first-order chi connectivity index (χ1) is 13.0. The van der Waals surface area contributed by atoms with Crippen LogP contribution in [0.1, 0.15) is 29.5 Å². The Morgan fingerprint density at radius 3 is 3.04 bits per heavy atom. The molecule has 0 aliphatic carbocycles. The van der Waals surface area contributed by atoms with Gasteiger partial charge in [-0.2, -0.15) is 5.10 Å². The number of hydrogen-bond donors (Lipinski definition) is 2. The van der Waals surface area contributed by atoms with E-state index < -0.39 is 0 Å². The molecule has 1 aromatic carbocycles. The Labute approximate surface area is 157 Å². The van der Waals surface area contributed by atoms with Crippen molar-refractivity contribution in [1.82, 2.24) is 20.4 Å². The Bertz CT molecular complexity index is 837. The largest absolute Gasteiger partial charge is 0.487 e. The Morgan fingerprint density at radius 1 is 1.37 bits per heavy atom. The normalized spacial score (nSPS) is 21.4. The van der Waals surface area contributed by atoms with Crippen LogP contribution < -0.4 is 19.5 Å². The van der Waals surface area contributed by atoms with E-state index in [1.165, 1.54) is 0 Å². The molecule has 1 fully saturated rings. The van der Waals surface area contributed by atoms with E-state index in [0.29, 0.717) is 29.5 Å². The van der Waals surface area contributed by atoms with Crippen LogP contribution in [0.5, 0.6) is 17.2 Å². The molecular weight excluding hydrogens is 348 g/mol. The summed E-state index contributed by atoms with van der Waals surface area (Å²) in [6, 6.07) is 7.12. The van der Waals surface area contributed by atoms with Crippen molar-refractivity contribution in [3.63, 3.8) is 0 Å². The van der Waals surface area contributed by atoms with Crippen LogP contribution in [0, 0.1) is 5.41 Å². The SMILES string of the molecule is CN1CCC(C)(CNC(=O)c2cc(COc3ccc4c(c3)OCO4)[nH]n2)C1. The summed E-state index contributed by atoms with van der Waals surface area (Å²) >= 11 is 0. The van der Waals surface area contributed by atoms with E-state index in [2.05, 4.69) is 34.4 Å². The summed E-state index contributed by atoms with van der Waals surface area (Å²) < 4.78 is 16.3. The van der Waals surface area contributed by atoms with Gasteiger partial charge in [-0.25, -0.2) is 0 Å². The number of carbonyl (C=O) groups excluding carboxylic acids is 1. The Hall–Kier alpha value is -2.74. The van der Waals surface area contributed by atoms with Gasteiger partial charge in [0.2, 0.25) is 6.79 Å². The minimum absolute atomic E-state index is 0.117. The van der Waals surface area contributed by atoms with E-state index in [4.69, 9.17) is 14.2 Å². The average Bonchev–Trinajstić information content (AvgIpc) is 3.38. The topological polar surface area (TPSA) is 88.7 Å². The maximum atomic E-state index is 12.4. The van der Waals surface area contributed by atoms with Crippen molar-refractivity contribution >= 4 is 5.91 Å². The van der Waals surface area contributed by atoms with Crippen LogP contribution >= 0.6 is 0 Å². The summed E-state index contributed by atoms with van der Waals surface area (Å²) in [5.41, 5.74) is 1.21. The number of ether oxygens (including phenoxy) is 3. The number of nitrogens with zero attached hydrogens (tertiary/aromatic N) is 2.